The van der Waals surface area contributed by atoms with E-state index in [1.165, 1.54) is 21.0 Å². The lowest BCUT2D eigenvalue weighted by Crippen LogP contribution is -2.50. The van der Waals surface area contributed by atoms with Crippen LogP contribution in [0.2, 0.25) is 0 Å². The summed E-state index contributed by atoms with van der Waals surface area (Å²) in [5.41, 5.74) is -1.54. The first-order valence-corrected chi connectivity index (χ1v) is 5.07. The van der Waals surface area contributed by atoms with Crippen LogP contribution in [0, 0.1) is 0 Å². The Balaban J connectivity index is 2.92. The minimum absolute atomic E-state index is 0.267. The Bertz CT molecular complexity index is 484. The highest BCUT2D eigenvalue weighted by molar-refractivity contribution is 5.98. The maximum absolute atomic E-state index is 11.8. The summed E-state index contributed by atoms with van der Waals surface area (Å²) < 4.78 is 4.52. The molecule has 18 heavy (non-hydrogen) atoms. The molecule has 0 spiro atoms. The molecule has 0 aliphatic heterocycles. The molecule has 1 rings (SSSR count). The summed E-state index contributed by atoms with van der Waals surface area (Å²) in [6.07, 6.45) is 1.01. The van der Waals surface area contributed by atoms with Gasteiger partial charge in [0.2, 0.25) is 0 Å². The molecule has 1 amide bonds. The van der Waals surface area contributed by atoms with Crippen molar-refractivity contribution in [1.29, 1.82) is 0 Å². The lowest BCUT2D eigenvalue weighted by molar-refractivity contribution is -0.146. The number of ether oxygens (including phenoxy) is 1. The van der Waals surface area contributed by atoms with Crippen molar-refractivity contribution >= 4 is 11.9 Å². The quantitative estimate of drug-likeness (QED) is 0.664. The number of carbonyl (C=O) groups excluding carboxylic acids is 2. The zero-order valence-electron chi connectivity index (χ0n) is 10.2. The van der Waals surface area contributed by atoms with Gasteiger partial charge in [0.1, 0.15) is 11.3 Å². The van der Waals surface area contributed by atoms with E-state index in [9.17, 15) is 14.7 Å². The van der Waals surface area contributed by atoms with Gasteiger partial charge in [-0.3, -0.25) is 4.79 Å². The van der Waals surface area contributed by atoms with Gasteiger partial charge in [-0.25, -0.2) is 9.78 Å². The number of esters is 1. The van der Waals surface area contributed by atoms with Crippen molar-refractivity contribution in [2.24, 2.45) is 0 Å². The van der Waals surface area contributed by atoms with E-state index in [4.69, 9.17) is 5.11 Å². The van der Waals surface area contributed by atoms with E-state index in [0.29, 0.717) is 0 Å². The Morgan fingerprint density at radius 1 is 1.39 bits per heavy atom. The Hall–Kier alpha value is -2.31. The number of aromatic nitrogens is 1. The molecule has 7 nitrogen and oxygen atoms in total. The molecule has 0 atom stereocenters. The molecular weight excluding hydrogens is 240 g/mol. The van der Waals surface area contributed by atoms with Gasteiger partial charge >= 0.3 is 5.97 Å². The molecule has 0 aromatic carbocycles. The van der Waals surface area contributed by atoms with Crippen LogP contribution in [0.3, 0.4) is 0 Å². The largest absolute Gasteiger partial charge is 0.506 e. The van der Waals surface area contributed by atoms with E-state index >= 15 is 0 Å². The molecule has 98 valence electrons. The summed E-state index contributed by atoms with van der Waals surface area (Å²) in [5.74, 6) is -2.12. The van der Waals surface area contributed by atoms with Crippen molar-refractivity contribution in [3.63, 3.8) is 0 Å². The first-order chi connectivity index (χ1) is 8.27. The van der Waals surface area contributed by atoms with Crippen molar-refractivity contribution in [2.45, 2.75) is 19.4 Å². The molecular formula is C11H14N2O5. The summed E-state index contributed by atoms with van der Waals surface area (Å²) >= 11 is 0. The lowest BCUT2D eigenvalue weighted by Gasteiger charge is -2.22. The summed E-state index contributed by atoms with van der Waals surface area (Å²) in [6, 6.07) is 0.979. The second-order valence-corrected chi connectivity index (χ2v) is 4.13. The van der Waals surface area contributed by atoms with Gasteiger partial charge < -0.3 is 20.3 Å². The van der Waals surface area contributed by atoms with Crippen molar-refractivity contribution in [2.75, 3.05) is 7.11 Å². The second-order valence-electron chi connectivity index (χ2n) is 4.13. The van der Waals surface area contributed by atoms with E-state index in [1.807, 2.05) is 0 Å². The third-order valence-electron chi connectivity index (χ3n) is 2.19. The minimum atomic E-state index is -1.25. The molecule has 3 N–H and O–H groups in total. The number of nitrogens with zero attached hydrogens (tertiary/aromatic N) is 1. The summed E-state index contributed by atoms with van der Waals surface area (Å²) in [4.78, 5) is 26.8. The van der Waals surface area contributed by atoms with Crippen molar-refractivity contribution in [1.82, 2.24) is 10.3 Å². The molecule has 1 aromatic heterocycles. The molecule has 0 aliphatic carbocycles. The van der Waals surface area contributed by atoms with Crippen LogP contribution in [0.4, 0.5) is 0 Å². The van der Waals surface area contributed by atoms with Gasteiger partial charge in [-0.05, 0) is 13.8 Å². The minimum Gasteiger partial charge on any atom is -0.506 e. The van der Waals surface area contributed by atoms with Crippen molar-refractivity contribution in [3.05, 3.63) is 18.0 Å². The number of hydrogen-bond acceptors (Lipinski definition) is 6. The molecule has 1 aromatic rings. The van der Waals surface area contributed by atoms with Crippen LogP contribution in [0.25, 0.3) is 0 Å². The number of pyridine rings is 1. The van der Waals surface area contributed by atoms with Gasteiger partial charge in [0.25, 0.3) is 5.91 Å². The van der Waals surface area contributed by atoms with E-state index in [2.05, 4.69) is 15.0 Å². The molecule has 0 unspecified atom stereocenters. The molecule has 0 saturated carbocycles. The van der Waals surface area contributed by atoms with Crippen molar-refractivity contribution in [3.8, 4) is 11.5 Å². The predicted molar refractivity (Wildman–Crippen MR) is 61.1 cm³/mol. The monoisotopic (exact) mass is 254 g/mol. The number of carbonyl (C=O) groups is 2. The number of methoxy groups -OCH3 is 1. The molecule has 1 heterocycles. The van der Waals surface area contributed by atoms with Gasteiger partial charge in [0, 0.05) is 6.07 Å². The average molecular weight is 254 g/mol. The van der Waals surface area contributed by atoms with Crippen LogP contribution in [0.15, 0.2) is 12.3 Å². The molecule has 7 heteroatoms. The lowest BCUT2D eigenvalue weighted by atomic mass is 10.1. The zero-order chi connectivity index (χ0) is 13.9. The van der Waals surface area contributed by atoms with Crippen LogP contribution in [0.1, 0.15) is 24.3 Å². The van der Waals surface area contributed by atoms with Gasteiger partial charge in [-0.2, -0.15) is 0 Å². The fourth-order valence-corrected chi connectivity index (χ4v) is 1.27. The van der Waals surface area contributed by atoms with Gasteiger partial charge in [0.15, 0.2) is 11.4 Å². The molecule has 0 aliphatic rings. The highest BCUT2D eigenvalue weighted by Gasteiger charge is 2.31. The average Bonchev–Trinajstić information content (AvgIpc) is 2.26. The number of hydrogen-bond donors (Lipinski definition) is 3. The highest BCUT2D eigenvalue weighted by atomic mass is 16.5. The van der Waals surface area contributed by atoms with E-state index in [1.54, 1.807) is 0 Å². The number of rotatable bonds is 3. The SMILES string of the molecule is COC(=O)C(C)(C)NC(=O)c1ncc(O)cc1O. The van der Waals surface area contributed by atoms with Gasteiger partial charge in [-0.15, -0.1) is 0 Å². The predicted octanol–water partition coefficient (Wildman–Crippen LogP) is 0.174. The Morgan fingerprint density at radius 3 is 2.50 bits per heavy atom. The van der Waals surface area contributed by atoms with Gasteiger partial charge in [0.05, 0.1) is 13.3 Å². The fraction of sp³-hybridized carbons (Fsp3) is 0.364. The summed E-state index contributed by atoms with van der Waals surface area (Å²) in [5, 5.41) is 20.9. The van der Waals surface area contributed by atoms with Crippen LogP contribution in [-0.4, -0.2) is 39.7 Å². The summed E-state index contributed by atoms with van der Waals surface area (Å²) in [7, 11) is 1.20. The highest BCUT2D eigenvalue weighted by Crippen LogP contribution is 2.20. The van der Waals surface area contributed by atoms with Crippen LogP contribution in [-0.2, 0) is 9.53 Å². The first-order valence-electron chi connectivity index (χ1n) is 5.07. The fourth-order valence-electron chi connectivity index (χ4n) is 1.27. The Labute approximate surface area is 103 Å². The van der Waals surface area contributed by atoms with Crippen LogP contribution >= 0.6 is 0 Å². The summed E-state index contributed by atoms with van der Waals surface area (Å²) in [6.45, 7) is 2.91. The van der Waals surface area contributed by atoms with E-state index in [-0.39, 0.29) is 11.4 Å². The number of nitrogens with one attached hydrogen (secondary N) is 1. The standard InChI is InChI=1S/C11H14N2O5/c1-11(2,10(17)18-3)13-9(16)8-7(15)4-6(14)5-12-8/h4-5,14-15H,1-3H3,(H,13,16). The molecule has 0 saturated heterocycles. The molecule has 0 radical (unpaired) electrons. The zero-order valence-corrected chi connectivity index (χ0v) is 10.2. The topological polar surface area (TPSA) is 109 Å². The molecule has 0 fully saturated rings. The third kappa shape index (κ3) is 2.88. The number of amides is 1. The normalized spacial score (nSPS) is 10.8. The molecule has 0 bridgehead atoms. The van der Waals surface area contributed by atoms with Crippen molar-refractivity contribution < 1.29 is 24.5 Å². The maximum atomic E-state index is 11.8. The van der Waals surface area contributed by atoms with Crippen LogP contribution in [0.5, 0.6) is 11.5 Å². The van der Waals surface area contributed by atoms with E-state index in [0.717, 1.165) is 12.3 Å². The van der Waals surface area contributed by atoms with E-state index < -0.39 is 23.2 Å². The smallest absolute Gasteiger partial charge is 0.330 e. The Morgan fingerprint density at radius 2 is 2.00 bits per heavy atom. The van der Waals surface area contributed by atoms with Crippen LogP contribution < -0.4 is 5.32 Å². The maximum Gasteiger partial charge on any atom is 0.330 e. The van der Waals surface area contributed by atoms with Gasteiger partial charge in [-0.1, -0.05) is 0 Å². The Kier molecular flexibility index (Phi) is 3.75. The second kappa shape index (κ2) is 4.91. The number of aromatic hydroxyl groups is 2. The third-order valence-corrected chi connectivity index (χ3v) is 2.19. The first kappa shape index (κ1) is 13.8.